The smallest absolute Gasteiger partial charge is 0.256 e. The Kier molecular flexibility index (Phi) is 6.55. The van der Waals surface area contributed by atoms with Crippen LogP contribution in [0.1, 0.15) is 18.9 Å². The lowest BCUT2D eigenvalue weighted by atomic mass is 10.2. The molecule has 0 saturated carbocycles. The summed E-state index contributed by atoms with van der Waals surface area (Å²) in [7, 11) is 0. The Hall–Kier alpha value is -2.07. The van der Waals surface area contributed by atoms with Crippen LogP contribution in [-0.4, -0.2) is 24.7 Å². The molecule has 1 heterocycles. The van der Waals surface area contributed by atoms with Crippen molar-refractivity contribution in [1.82, 2.24) is 10.3 Å². The molecule has 0 radical (unpaired) electrons. The van der Waals surface area contributed by atoms with Crippen LogP contribution in [0.4, 0.5) is 0 Å². The van der Waals surface area contributed by atoms with Crippen LogP contribution in [0, 0.1) is 0 Å². The molecule has 0 aliphatic carbocycles. The number of aromatic nitrogens is 1. The Morgan fingerprint density at radius 2 is 1.90 bits per heavy atom. The molecule has 4 nitrogen and oxygen atoms in total. The lowest BCUT2D eigenvalue weighted by Gasteiger charge is -2.10. The second kappa shape index (κ2) is 8.97. The highest BCUT2D eigenvalue weighted by atomic mass is 16.5. The average molecular weight is 286 g/mol. The van der Waals surface area contributed by atoms with Gasteiger partial charge in [-0.1, -0.05) is 30.3 Å². The first-order valence-corrected chi connectivity index (χ1v) is 7.35. The van der Waals surface area contributed by atoms with Gasteiger partial charge in [-0.25, -0.2) is 4.98 Å². The number of nitrogens with one attached hydrogen (secondary N) is 1. The molecule has 0 saturated heterocycles. The normalized spacial score (nSPS) is 10.3. The largest absolute Gasteiger partial charge is 0.488 e. The van der Waals surface area contributed by atoms with E-state index in [4.69, 9.17) is 9.47 Å². The second-order valence-corrected chi connectivity index (χ2v) is 4.60. The third kappa shape index (κ3) is 5.44. The van der Waals surface area contributed by atoms with Gasteiger partial charge in [0, 0.05) is 12.7 Å². The molecule has 0 aliphatic heterocycles. The predicted molar refractivity (Wildman–Crippen MR) is 83.7 cm³/mol. The van der Waals surface area contributed by atoms with Gasteiger partial charge < -0.3 is 14.8 Å². The van der Waals surface area contributed by atoms with Gasteiger partial charge in [-0.05, 0) is 37.6 Å². The molecular weight excluding hydrogens is 264 g/mol. The summed E-state index contributed by atoms with van der Waals surface area (Å²) in [6, 6.07) is 14.1. The molecule has 1 aromatic carbocycles. The van der Waals surface area contributed by atoms with Gasteiger partial charge in [-0.2, -0.15) is 0 Å². The summed E-state index contributed by atoms with van der Waals surface area (Å²) in [5.41, 5.74) is 1.29. The van der Waals surface area contributed by atoms with E-state index in [1.165, 1.54) is 5.56 Å². The molecule has 1 N–H and O–H groups in total. The highest BCUT2D eigenvalue weighted by Crippen LogP contribution is 2.23. The molecule has 4 heteroatoms. The van der Waals surface area contributed by atoms with Crippen molar-refractivity contribution in [2.45, 2.75) is 19.9 Å². The lowest BCUT2D eigenvalue weighted by molar-refractivity contribution is 0.262. The first kappa shape index (κ1) is 15.3. The van der Waals surface area contributed by atoms with Gasteiger partial charge >= 0.3 is 0 Å². The van der Waals surface area contributed by atoms with E-state index in [-0.39, 0.29) is 0 Å². The Balaban J connectivity index is 1.64. The average Bonchev–Trinajstić information content (AvgIpc) is 2.53. The van der Waals surface area contributed by atoms with Crippen LogP contribution < -0.4 is 14.8 Å². The van der Waals surface area contributed by atoms with Crippen molar-refractivity contribution in [3.8, 4) is 11.6 Å². The molecule has 0 amide bonds. The van der Waals surface area contributed by atoms with Gasteiger partial charge in [0.1, 0.15) is 0 Å². The SMILES string of the molecule is CCOc1cccnc1OCCCNCc1ccccc1. The fraction of sp³-hybridized carbons (Fsp3) is 0.353. The zero-order valence-electron chi connectivity index (χ0n) is 12.4. The molecule has 112 valence electrons. The van der Waals surface area contributed by atoms with Crippen LogP contribution in [0.15, 0.2) is 48.7 Å². The fourth-order valence-electron chi connectivity index (χ4n) is 1.94. The van der Waals surface area contributed by atoms with Gasteiger partial charge in [-0.15, -0.1) is 0 Å². The Morgan fingerprint density at radius 3 is 2.71 bits per heavy atom. The van der Waals surface area contributed by atoms with E-state index in [0.717, 1.165) is 19.5 Å². The maximum atomic E-state index is 5.67. The zero-order valence-corrected chi connectivity index (χ0v) is 12.4. The molecule has 1 aromatic heterocycles. The van der Waals surface area contributed by atoms with Crippen LogP contribution >= 0.6 is 0 Å². The fourth-order valence-corrected chi connectivity index (χ4v) is 1.94. The van der Waals surface area contributed by atoms with Gasteiger partial charge in [0.05, 0.1) is 13.2 Å². The summed E-state index contributed by atoms with van der Waals surface area (Å²) in [5, 5.41) is 3.40. The molecule has 0 atom stereocenters. The van der Waals surface area contributed by atoms with Crippen molar-refractivity contribution >= 4 is 0 Å². The minimum absolute atomic E-state index is 0.572. The molecule has 2 rings (SSSR count). The molecule has 0 fully saturated rings. The standard InChI is InChI=1S/C17H22N2O2/c1-2-20-16-10-6-12-19-17(16)21-13-7-11-18-14-15-8-4-3-5-9-15/h3-6,8-10,12,18H,2,7,11,13-14H2,1H3. The monoisotopic (exact) mass is 286 g/mol. The Bertz CT molecular complexity index is 517. The molecule has 21 heavy (non-hydrogen) atoms. The van der Waals surface area contributed by atoms with Crippen LogP contribution in [0.25, 0.3) is 0 Å². The molecule has 0 unspecified atom stereocenters. The van der Waals surface area contributed by atoms with E-state index in [1.54, 1.807) is 6.20 Å². The molecule has 0 bridgehead atoms. The highest BCUT2D eigenvalue weighted by molar-refractivity contribution is 5.32. The number of rotatable bonds is 9. The maximum Gasteiger partial charge on any atom is 0.256 e. The van der Waals surface area contributed by atoms with E-state index in [2.05, 4.69) is 34.6 Å². The predicted octanol–water partition coefficient (Wildman–Crippen LogP) is 3.04. The lowest BCUT2D eigenvalue weighted by Crippen LogP contribution is -2.17. The van der Waals surface area contributed by atoms with Crippen molar-refractivity contribution in [3.05, 3.63) is 54.2 Å². The van der Waals surface area contributed by atoms with Gasteiger partial charge in [0.15, 0.2) is 5.75 Å². The zero-order chi connectivity index (χ0) is 14.8. The Morgan fingerprint density at radius 1 is 1.05 bits per heavy atom. The van der Waals surface area contributed by atoms with E-state index < -0.39 is 0 Å². The summed E-state index contributed by atoms with van der Waals surface area (Å²) in [6.07, 6.45) is 2.64. The molecule has 0 spiro atoms. The van der Waals surface area contributed by atoms with Crippen LogP contribution in [0.3, 0.4) is 0 Å². The number of hydrogen-bond donors (Lipinski definition) is 1. The second-order valence-electron chi connectivity index (χ2n) is 4.60. The van der Waals surface area contributed by atoms with Crippen molar-refractivity contribution in [3.63, 3.8) is 0 Å². The summed E-state index contributed by atoms with van der Waals surface area (Å²) in [5.74, 6) is 1.28. The molecule has 2 aromatic rings. The summed E-state index contributed by atoms with van der Waals surface area (Å²) in [6.45, 7) is 4.98. The van der Waals surface area contributed by atoms with E-state index in [9.17, 15) is 0 Å². The van der Waals surface area contributed by atoms with Crippen molar-refractivity contribution < 1.29 is 9.47 Å². The molecular formula is C17H22N2O2. The summed E-state index contributed by atoms with van der Waals surface area (Å²) >= 11 is 0. The van der Waals surface area contributed by atoms with Crippen molar-refractivity contribution in [2.75, 3.05) is 19.8 Å². The van der Waals surface area contributed by atoms with E-state index >= 15 is 0 Å². The van der Waals surface area contributed by atoms with Gasteiger partial charge in [0.25, 0.3) is 5.88 Å². The quantitative estimate of drug-likeness (QED) is 0.720. The topological polar surface area (TPSA) is 43.4 Å². The minimum Gasteiger partial charge on any atom is -0.488 e. The highest BCUT2D eigenvalue weighted by Gasteiger charge is 2.04. The Labute approximate surface area is 126 Å². The van der Waals surface area contributed by atoms with Crippen LogP contribution in [0.5, 0.6) is 11.6 Å². The first-order chi connectivity index (χ1) is 10.4. The van der Waals surface area contributed by atoms with Crippen LogP contribution in [0.2, 0.25) is 0 Å². The number of hydrogen-bond acceptors (Lipinski definition) is 4. The number of pyridine rings is 1. The van der Waals surface area contributed by atoms with Gasteiger partial charge in [0.2, 0.25) is 0 Å². The van der Waals surface area contributed by atoms with Crippen molar-refractivity contribution in [1.29, 1.82) is 0 Å². The van der Waals surface area contributed by atoms with Crippen LogP contribution in [-0.2, 0) is 6.54 Å². The number of ether oxygens (including phenoxy) is 2. The third-order valence-corrected chi connectivity index (χ3v) is 2.94. The molecule has 0 aliphatic rings. The minimum atomic E-state index is 0.572. The summed E-state index contributed by atoms with van der Waals surface area (Å²) in [4.78, 5) is 4.20. The number of nitrogens with zero attached hydrogens (tertiary/aromatic N) is 1. The van der Waals surface area contributed by atoms with Gasteiger partial charge in [-0.3, -0.25) is 0 Å². The summed E-state index contributed by atoms with van der Waals surface area (Å²) < 4.78 is 11.1. The number of benzene rings is 1. The maximum absolute atomic E-state index is 5.67. The third-order valence-electron chi connectivity index (χ3n) is 2.94. The van der Waals surface area contributed by atoms with E-state index in [1.807, 2.05) is 25.1 Å². The van der Waals surface area contributed by atoms with E-state index in [0.29, 0.717) is 24.8 Å². The van der Waals surface area contributed by atoms with Crippen molar-refractivity contribution in [2.24, 2.45) is 0 Å². The first-order valence-electron chi connectivity index (χ1n) is 7.35.